The Morgan fingerprint density at radius 3 is 2.82 bits per heavy atom. The molecular weight excluding hydrogens is 302 g/mol. The van der Waals surface area contributed by atoms with Crippen molar-refractivity contribution < 1.29 is 14.3 Å². The maximum atomic E-state index is 11.1. The Labute approximate surface area is 132 Å². The number of aromatic carboxylic acids is 1. The van der Waals surface area contributed by atoms with Crippen LogP contribution in [-0.4, -0.2) is 29.5 Å². The summed E-state index contributed by atoms with van der Waals surface area (Å²) in [4.78, 5) is 11.1. The van der Waals surface area contributed by atoms with Crippen LogP contribution in [0.3, 0.4) is 0 Å². The third-order valence-corrected chi connectivity index (χ3v) is 3.26. The van der Waals surface area contributed by atoms with Crippen molar-refractivity contribution in [3.05, 3.63) is 47.2 Å². The van der Waals surface area contributed by atoms with E-state index in [2.05, 4.69) is 15.8 Å². The zero-order valence-corrected chi connectivity index (χ0v) is 12.9. The number of furan rings is 1. The summed E-state index contributed by atoms with van der Waals surface area (Å²) in [7, 11) is 1.69. The number of carboxylic acid groups (broad SMARTS) is 1. The number of thiocarbonyl (C=S) groups is 1. The second-order valence-electron chi connectivity index (χ2n) is 4.49. The summed E-state index contributed by atoms with van der Waals surface area (Å²) in [5.41, 5.74) is 4.50. The minimum Gasteiger partial charge on any atom is -0.478 e. The lowest BCUT2D eigenvalue weighted by molar-refractivity contribution is 0.0697. The molecular formula is C15H15N3O3S. The highest BCUT2D eigenvalue weighted by molar-refractivity contribution is 7.80. The van der Waals surface area contributed by atoms with Crippen molar-refractivity contribution in [1.29, 1.82) is 0 Å². The summed E-state index contributed by atoms with van der Waals surface area (Å²) in [6.07, 6.45) is 1.49. The lowest BCUT2D eigenvalue weighted by Gasteiger charge is -2.04. The van der Waals surface area contributed by atoms with E-state index < -0.39 is 5.97 Å². The van der Waals surface area contributed by atoms with Crippen LogP contribution >= 0.6 is 12.2 Å². The van der Waals surface area contributed by atoms with Crippen molar-refractivity contribution in [3.8, 4) is 11.3 Å². The lowest BCUT2D eigenvalue weighted by Crippen LogP contribution is -2.28. The van der Waals surface area contributed by atoms with Gasteiger partial charge in [0.05, 0.1) is 11.8 Å². The Morgan fingerprint density at radius 2 is 2.14 bits per heavy atom. The van der Waals surface area contributed by atoms with Crippen LogP contribution in [0.4, 0.5) is 0 Å². The molecule has 0 amide bonds. The van der Waals surface area contributed by atoms with E-state index in [1.54, 1.807) is 37.4 Å². The molecule has 0 bridgehead atoms. The van der Waals surface area contributed by atoms with Gasteiger partial charge in [-0.2, -0.15) is 5.10 Å². The fourth-order valence-electron chi connectivity index (χ4n) is 1.80. The molecule has 0 unspecified atom stereocenters. The molecule has 0 fully saturated rings. The molecule has 114 valence electrons. The topological polar surface area (TPSA) is 86.9 Å². The van der Waals surface area contributed by atoms with E-state index in [0.717, 1.165) is 11.1 Å². The number of hydrogen-bond donors (Lipinski definition) is 3. The van der Waals surface area contributed by atoms with Crippen LogP contribution in [0.5, 0.6) is 0 Å². The summed E-state index contributed by atoms with van der Waals surface area (Å²) >= 11 is 4.89. The van der Waals surface area contributed by atoms with Crippen LogP contribution < -0.4 is 10.7 Å². The van der Waals surface area contributed by atoms with E-state index in [9.17, 15) is 4.79 Å². The number of hydrazone groups is 1. The molecule has 2 rings (SSSR count). The quantitative estimate of drug-likeness (QED) is 0.456. The molecule has 7 heteroatoms. The SMILES string of the molecule is CNC(=S)N/N=C/c1ccc(-c2cc(C(=O)O)ccc2C)o1. The number of rotatable bonds is 4. The monoisotopic (exact) mass is 317 g/mol. The second-order valence-corrected chi connectivity index (χ2v) is 4.89. The van der Waals surface area contributed by atoms with E-state index >= 15 is 0 Å². The number of benzene rings is 1. The molecule has 2 aromatic rings. The standard InChI is InChI=1S/C15H15N3O3S/c1-9-3-4-10(14(19)20)7-12(9)13-6-5-11(21-13)8-17-18-15(22)16-2/h3-8H,1-2H3,(H,19,20)(H2,16,18,22)/b17-8+. The molecule has 22 heavy (non-hydrogen) atoms. The largest absolute Gasteiger partial charge is 0.478 e. The third kappa shape index (κ3) is 3.70. The maximum Gasteiger partial charge on any atom is 0.335 e. The molecule has 0 spiro atoms. The first kappa shape index (κ1) is 15.7. The second kappa shape index (κ2) is 6.86. The molecule has 6 nitrogen and oxygen atoms in total. The average molecular weight is 317 g/mol. The van der Waals surface area contributed by atoms with Gasteiger partial charge in [-0.25, -0.2) is 4.79 Å². The van der Waals surface area contributed by atoms with Crippen LogP contribution in [-0.2, 0) is 0 Å². The van der Waals surface area contributed by atoms with Gasteiger partial charge in [-0.3, -0.25) is 5.43 Å². The summed E-state index contributed by atoms with van der Waals surface area (Å²) in [5.74, 6) is 0.138. The number of carboxylic acids is 1. The molecule has 0 saturated carbocycles. The molecule has 1 heterocycles. The van der Waals surface area contributed by atoms with E-state index in [0.29, 0.717) is 16.6 Å². The highest BCUT2D eigenvalue weighted by Gasteiger charge is 2.11. The molecule has 0 aliphatic heterocycles. The van der Waals surface area contributed by atoms with Crippen LogP contribution in [0.15, 0.2) is 39.9 Å². The van der Waals surface area contributed by atoms with Crippen molar-refractivity contribution in [3.63, 3.8) is 0 Å². The molecule has 1 aromatic carbocycles. The zero-order chi connectivity index (χ0) is 16.1. The summed E-state index contributed by atoms with van der Waals surface area (Å²) in [5, 5.41) is 16.1. The van der Waals surface area contributed by atoms with Gasteiger partial charge >= 0.3 is 5.97 Å². The van der Waals surface area contributed by atoms with Crippen molar-refractivity contribution in [2.45, 2.75) is 6.92 Å². The third-order valence-electron chi connectivity index (χ3n) is 2.96. The van der Waals surface area contributed by atoms with Crippen LogP contribution in [0, 0.1) is 6.92 Å². The molecule has 0 saturated heterocycles. The van der Waals surface area contributed by atoms with Crippen molar-refractivity contribution in [1.82, 2.24) is 10.7 Å². The predicted octanol–water partition coefficient (Wildman–Crippen LogP) is 2.38. The Bertz CT molecular complexity index is 737. The van der Waals surface area contributed by atoms with Crippen molar-refractivity contribution in [2.75, 3.05) is 7.05 Å². The molecule has 0 atom stereocenters. The molecule has 3 N–H and O–H groups in total. The summed E-state index contributed by atoms with van der Waals surface area (Å²) in [6.45, 7) is 1.89. The predicted molar refractivity (Wildman–Crippen MR) is 88.2 cm³/mol. The molecule has 0 aliphatic rings. The van der Waals surface area contributed by atoms with Crippen LogP contribution in [0.2, 0.25) is 0 Å². The summed E-state index contributed by atoms with van der Waals surface area (Å²) in [6, 6.07) is 8.42. The van der Waals surface area contributed by atoms with Crippen molar-refractivity contribution >= 4 is 29.5 Å². The van der Waals surface area contributed by atoms with E-state index in [1.165, 1.54) is 6.21 Å². The van der Waals surface area contributed by atoms with E-state index in [1.807, 2.05) is 6.92 Å². The lowest BCUT2D eigenvalue weighted by atomic mass is 10.0. The number of hydrogen-bond acceptors (Lipinski definition) is 4. The van der Waals surface area contributed by atoms with Crippen molar-refractivity contribution in [2.24, 2.45) is 5.10 Å². The molecule has 0 aliphatic carbocycles. The highest BCUT2D eigenvalue weighted by atomic mass is 32.1. The van der Waals surface area contributed by atoms with Gasteiger partial charge in [0.1, 0.15) is 11.5 Å². The Morgan fingerprint density at radius 1 is 1.36 bits per heavy atom. The van der Waals surface area contributed by atoms with Gasteiger partial charge in [0.2, 0.25) is 0 Å². The first-order chi connectivity index (χ1) is 10.5. The van der Waals surface area contributed by atoms with Gasteiger partial charge in [0.15, 0.2) is 5.11 Å². The van der Waals surface area contributed by atoms with Gasteiger partial charge in [-0.05, 0) is 49.0 Å². The highest BCUT2D eigenvalue weighted by Crippen LogP contribution is 2.26. The smallest absolute Gasteiger partial charge is 0.335 e. The first-order valence-electron chi connectivity index (χ1n) is 6.46. The number of aryl methyl sites for hydroxylation is 1. The Hall–Kier alpha value is -2.67. The molecule has 1 aromatic heterocycles. The average Bonchev–Trinajstić information content (AvgIpc) is 2.95. The maximum absolute atomic E-state index is 11.1. The van der Waals surface area contributed by atoms with Crippen LogP contribution in [0.1, 0.15) is 21.7 Å². The van der Waals surface area contributed by atoms with Gasteiger partial charge in [-0.1, -0.05) is 6.07 Å². The van der Waals surface area contributed by atoms with E-state index in [-0.39, 0.29) is 5.56 Å². The van der Waals surface area contributed by atoms with Crippen LogP contribution in [0.25, 0.3) is 11.3 Å². The Kier molecular flexibility index (Phi) is 4.90. The molecule has 0 radical (unpaired) electrons. The van der Waals surface area contributed by atoms with E-state index in [4.69, 9.17) is 21.7 Å². The minimum atomic E-state index is -0.973. The summed E-state index contributed by atoms with van der Waals surface area (Å²) < 4.78 is 5.65. The van der Waals surface area contributed by atoms with Gasteiger partial charge in [0, 0.05) is 12.6 Å². The fraction of sp³-hybridized carbons (Fsp3) is 0.133. The number of nitrogens with zero attached hydrogens (tertiary/aromatic N) is 1. The van der Waals surface area contributed by atoms with Gasteiger partial charge in [0.25, 0.3) is 0 Å². The van der Waals surface area contributed by atoms with Gasteiger partial charge in [-0.15, -0.1) is 0 Å². The number of nitrogens with one attached hydrogen (secondary N) is 2. The number of carbonyl (C=O) groups is 1. The van der Waals surface area contributed by atoms with Gasteiger partial charge < -0.3 is 14.8 Å². The Balaban J connectivity index is 2.23. The normalized spacial score (nSPS) is 10.6. The fourth-order valence-corrected chi connectivity index (χ4v) is 1.85. The zero-order valence-electron chi connectivity index (χ0n) is 12.1. The minimum absolute atomic E-state index is 0.216. The first-order valence-corrected chi connectivity index (χ1v) is 6.87.